The molecule has 0 aliphatic rings. The molecule has 6 nitrogen and oxygen atoms in total. The summed E-state index contributed by atoms with van der Waals surface area (Å²) in [5, 5.41) is 0. The number of nitrogen functional groups attached to an aromatic ring is 1. The van der Waals surface area contributed by atoms with Crippen molar-refractivity contribution < 1.29 is 0 Å². The van der Waals surface area contributed by atoms with Gasteiger partial charge in [0.15, 0.2) is 11.5 Å². The Labute approximate surface area is 109 Å². The van der Waals surface area contributed by atoms with Crippen LogP contribution in [0.5, 0.6) is 0 Å². The van der Waals surface area contributed by atoms with Gasteiger partial charge in [-0.05, 0) is 18.5 Å². The molecule has 3 rings (SSSR count). The third-order valence-electron chi connectivity index (χ3n) is 2.98. The molecule has 0 radical (unpaired) electrons. The molecular formula is C13H14N6. The first kappa shape index (κ1) is 11.6. The van der Waals surface area contributed by atoms with E-state index < -0.39 is 0 Å². The molecule has 0 unspecified atom stereocenters. The van der Waals surface area contributed by atoms with E-state index in [4.69, 9.17) is 11.5 Å². The average Bonchev–Trinajstić information content (AvgIpc) is 2.85. The first-order valence-electron chi connectivity index (χ1n) is 6.03. The number of hydrogen-bond acceptors (Lipinski definition) is 5. The van der Waals surface area contributed by atoms with E-state index in [1.807, 2.05) is 24.3 Å². The van der Waals surface area contributed by atoms with E-state index in [9.17, 15) is 0 Å². The fraction of sp³-hybridized carbons (Fsp3) is 0.154. The van der Waals surface area contributed by atoms with Gasteiger partial charge in [-0.2, -0.15) is 0 Å². The molecule has 6 heteroatoms. The molecule has 0 saturated carbocycles. The van der Waals surface area contributed by atoms with Crippen LogP contribution in [0.4, 0.5) is 5.82 Å². The molecule has 0 fully saturated rings. The maximum atomic E-state index is 5.78. The molecule has 0 saturated heterocycles. The van der Waals surface area contributed by atoms with Crippen molar-refractivity contribution in [2.45, 2.75) is 6.42 Å². The molecule has 0 aliphatic carbocycles. The molecule has 0 amide bonds. The normalized spacial score (nSPS) is 11.0. The molecule has 0 aliphatic heterocycles. The second-order valence-corrected chi connectivity index (χ2v) is 4.28. The molecule has 0 spiro atoms. The minimum absolute atomic E-state index is 0.406. The van der Waals surface area contributed by atoms with Crippen LogP contribution in [0.1, 0.15) is 5.56 Å². The standard InChI is InChI=1S/C13H14N6/c14-6-5-8-1-3-9(4-2-8)12-18-10-11(15)16-7-17-13(10)19-12/h1-4,7H,5-6,14H2,(H3,15,16,17,18,19). The Balaban J connectivity index is 2.01. The summed E-state index contributed by atoms with van der Waals surface area (Å²) < 4.78 is 0. The lowest BCUT2D eigenvalue weighted by molar-refractivity contribution is 0.969. The van der Waals surface area contributed by atoms with Gasteiger partial charge in [0, 0.05) is 5.56 Å². The van der Waals surface area contributed by atoms with Gasteiger partial charge in [-0.15, -0.1) is 0 Å². The minimum atomic E-state index is 0.406. The van der Waals surface area contributed by atoms with Crippen LogP contribution in [0, 0.1) is 0 Å². The van der Waals surface area contributed by atoms with Crippen molar-refractivity contribution in [3.8, 4) is 11.4 Å². The first-order chi connectivity index (χ1) is 9.28. The monoisotopic (exact) mass is 254 g/mol. The Kier molecular flexibility index (Phi) is 2.85. The van der Waals surface area contributed by atoms with Crippen molar-refractivity contribution >= 4 is 17.0 Å². The van der Waals surface area contributed by atoms with Crippen LogP contribution in [0.15, 0.2) is 30.6 Å². The number of aromatic nitrogens is 4. The number of nitrogens with two attached hydrogens (primary N) is 2. The average molecular weight is 254 g/mol. The van der Waals surface area contributed by atoms with Crippen molar-refractivity contribution in [1.82, 2.24) is 19.9 Å². The van der Waals surface area contributed by atoms with Crippen molar-refractivity contribution in [2.75, 3.05) is 12.3 Å². The van der Waals surface area contributed by atoms with Crippen LogP contribution < -0.4 is 11.5 Å². The Hall–Kier alpha value is -2.47. The quantitative estimate of drug-likeness (QED) is 0.649. The number of nitrogens with zero attached hydrogens (tertiary/aromatic N) is 3. The smallest absolute Gasteiger partial charge is 0.183 e. The van der Waals surface area contributed by atoms with Crippen LogP contribution in [-0.4, -0.2) is 26.5 Å². The largest absolute Gasteiger partial charge is 0.382 e. The minimum Gasteiger partial charge on any atom is -0.382 e. The number of anilines is 1. The van der Waals surface area contributed by atoms with Crippen LogP contribution >= 0.6 is 0 Å². The van der Waals surface area contributed by atoms with Crippen LogP contribution in [-0.2, 0) is 6.42 Å². The van der Waals surface area contributed by atoms with Gasteiger partial charge in [-0.25, -0.2) is 15.0 Å². The topological polar surface area (TPSA) is 106 Å². The van der Waals surface area contributed by atoms with Gasteiger partial charge in [0.1, 0.15) is 17.7 Å². The van der Waals surface area contributed by atoms with Gasteiger partial charge in [0.05, 0.1) is 0 Å². The van der Waals surface area contributed by atoms with E-state index in [0.717, 1.165) is 17.8 Å². The second-order valence-electron chi connectivity index (χ2n) is 4.28. The zero-order valence-electron chi connectivity index (χ0n) is 10.3. The third kappa shape index (κ3) is 2.13. The number of aromatic amines is 1. The number of benzene rings is 1. The lowest BCUT2D eigenvalue weighted by Gasteiger charge is -2.00. The highest BCUT2D eigenvalue weighted by Gasteiger charge is 2.08. The van der Waals surface area contributed by atoms with Crippen molar-refractivity contribution in [2.24, 2.45) is 5.73 Å². The highest BCUT2D eigenvalue weighted by molar-refractivity contribution is 5.84. The van der Waals surface area contributed by atoms with Crippen LogP contribution in [0.2, 0.25) is 0 Å². The predicted molar refractivity (Wildman–Crippen MR) is 74.3 cm³/mol. The Morgan fingerprint density at radius 2 is 1.89 bits per heavy atom. The highest BCUT2D eigenvalue weighted by atomic mass is 15.0. The summed E-state index contributed by atoms with van der Waals surface area (Å²) in [6.45, 7) is 0.649. The van der Waals surface area contributed by atoms with E-state index in [1.54, 1.807) is 0 Å². The SMILES string of the molecule is NCCc1ccc(-c2nc3ncnc(N)c3[nH]2)cc1. The molecule has 2 heterocycles. The van der Waals surface area contributed by atoms with Gasteiger partial charge in [0.25, 0.3) is 0 Å². The number of H-pyrrole nitrogens is 1. The number of fused-ring (bicyclic) bond motifs is 1. The molecule has 2 aromatic heterocycles. The summed E-state index contributed by atoms with van der Waals surface area (Å²) in [4.78, 5) is 15.6. The maximum Gasteiger partial charge on any atom is 0.183 e. The van der Waals surface area contributed by atoms with Crippen LogP contribution in [0.3, 0.4) is 0 Å². The lowest BCUT2D eigenvalue weighted by Crippen LogP contribution is -2.02. The van der Waals surface area contributed by atoms with E-state index in [0.29, 0.717) is 23.5 Å². The van der Waals surface area contributed by atoms with Gasteiger partial charge in [0.2, 0.25) is 0 Å². The number of hydrogen-bond donors (Lipinski definition) is 3. The predicted octanol–water partition coefficient (Wildman–Crippen LogP) is 1.10. The van der Waals surface area contributed by atoms with E-state index in [1.165, 1.54) is 11.9 Å². The number of nitrogens with one attached hydrogen (secondary N) is 1. The van der Waals surface area contributed by atoms with E-state index in [-0.39, 0.29) is 0 Å². The first-order valence-corrected chi connectivity index (χ1v) is 6.03. The second kappa shape index (κ2) is 4.66. The van der Waals surface area contributed by atoms with Gasteiger partial charge in [-0.3, -0.25) is 0 Å². The molecule has 0 bridgehead atoms. The summed E-state index contributed by atoms with van der Waals surface area (Å²) in [6, 6.07) is 8.10. The van der Waals surface area contributed by atoms with Crippen molar-refractivity contribution in [3.05, 3.63) is 36.2 Å². The maximum absolute atomic E-state index is 5.78. The number of imidazole rings is 1. The Morgan fingerprint density at radius 1 is 1.11 bits per heavy atom. The van der Waals surface area contributed by atoms with Gasteiger partial charge >= 0.3 is 0 Å². The van der Waals surface area contributed by atoms with Gasteiger partial charge in [-0.1, -0.05) is 24.3 Å². The molecule has 96 valence electrons. The summed E-state index contributed by atoms with van der Waals surface area (Å²) in [5.74, 6) is 1.14. The fourth-order valence-corrected chi connectivity index (χ4v) is 1.98. The van der Waals surface area contributed by atoms with Crippen molar-refractivity contribution in [3.63, 3.8) is 0 Å². The summed E-state index contributed by atoms with van der Waals surface area (Å²) in [5.41, 5.74) is 14.7. The van der Waals surface area contributed by atoms with E-state index in [2.05, 4.69) is 19.9 Å². The fourth-order valence-electron chi connectivity index (χ4n) is 1.98. The van der Waals surface area contributed by atoms with E-state index >= 15 is 0 Å². The van der Waals surface area contributed by atoms with Crippen molar-refractivity contribution in [1.29, 1.82) is 0 Å². The number of rotatable bonds is 3. The Bertz CT molecular complexity index is 701. The molecule has 0 atom stereocenters. The summed E-state index contributed by atoms with van der Waals surface area (Å²) >= 11 is 0. The van der Waals surface area contributed by atoms with Crippen LogP contribution in [0.25, 0.3) is 22.6 Å². The molecule has 1 aromatic carbocycles. The molecule has 3 aromatic rings. The van der Waals surface area contributed by atoms with Gasteiger partial charge < -0.3 is 16.5 Å². The Morgan fingerprint density at radius 3 is 2.58 bits per heavy atom. The molecule has 19 heavy (non-hydrogen) atoms. The third-order valence-corrected chi connectivity index (χ3v) is 2.98. The highest BCUT2D eigenvalue weighted by Crippen LogP contribution is 2.21. The summed E-state index contributed by atoms with van der Waals surface area (Å²) in [7, 11) is 0. The zero-order valence-corrected chi connectivity index (χ0v) is 10.3. The molecular weight excluding hydrogens is 240 g/mol. The summed E-state index contributed by atoms with van der Waals surface area (Å²) in [6.07, 6.45) is 2.28. The molecule has 5 N–H and O–H groups in total. The lowest BCUT2D eigenvalue weighted by atomic mass is 10.1. The zero-order chi connectivity index (χ0) is 13.2.